The van der Waals surface area contributed by atoms with E-state index in [1.807, 2.05) is 32.0 Å². The van der Waals surface area contributed by atoms with Gasteiger partial charge in [0.25, 0.3) is 0 Å². The molecule has 0 spiro atoms. The first-order valence-corrected chi connectivity index (χ1v) is 11.1. The van der Waals surface area contributed by atoms with Crippen molar-refractivity contribution in [2.45, 2.75) is 46.3 Å². The fourth-order valence-corrected chi connectivity index (χ4v) is 4.57. The van der Waals surface area contributed by atoms with E-state index in [9.17, 15) is 4.79 Å². The highest BCUT2D eigenvalue weighted by Gasteiger charge is 2.35. The molecule has 2 heterocycles. The first kappa shape index (κ1) is 22.1. The third kappa shape index (κ3) is 4.14. The number of amides is 1. The third-order valence-electron chi connectivity index (χ3n) is 5.72. The molecule has 2 aliphatic rings. The van der Waals surface area contributed by atoms with Gasteiger partial charge in [-0.3, -0.25) is 0 Å². The van der Waals surface area contributed by atoms with Crippen molar-refractivity contribution in [2.75, 3.05) is 25.6 Å². The Kier molecular flexibility index (Phi) is 5.80. The molecule has 2 aliphatic heterocycles. The van der Waals surface area contributed by atoms with Gasteiger partial charge in [0, 0.05) is 16.8 Å². The molecule has 6 nitrogen and oxygen atoms in total. The number of alkyl carbamates (subject to hydrolysis) is 1. The Labute approximate surface area is 189 Å². The number of hydrogen-bond donors (Lipinski definition) is 2. The number of rotatable bonds is 5. The third-order valence-corrected chi connectivity index (χ3v) is 5.72. The lowest BCUT2D eigenvalue weighted by molar-refractivity contribution is 0.124. The van der Waals surface area contributed by atoms with Crippen LogP contribution >= 0.6 is 0 Å². The molecule has 32 heavy (non-hydrogen) atoms. The van der Waals surface area contributed by atoms with Gasteiger partial charge in [-0.25, -0.2) is 4.79 Å². The van der Waals surface area contributed by atoms with Crippen molar-refractivity contribution in [3.8, 4) is 22.6 Å². The zero-order valence-electron chi connectivity index (χ0n) is 19.7. The number of carbonyl (C=O) groups excluding carboxylic acids is 1. The van der Waals surface area contributed by atoms with Crippen LogP contribution in [-0.4, -0.2) is 31.9 Å². The summed E-state index contributed by atoms with van der Waals surface area (Å²) >= 11 is 0. The van der Waals surface area contributed by atoms with Crippen molar-refractivity contribution < 1.29 is 19.0 Å². The fraction of sp³-hybridized carbons (Fsp3) is 0.423. The molecule has 2 aromatic rings. The summed E-state index contributed by atoms with van der Waals surface area (Å²) in [6, 6.07) is 10.0. The minimum atomic E-state index is -0.434. The molecule has 4 rings (SSSR count). The maximum atomic E-state index is 12.3. The number of fused-ring (bicyclic) bond motifs is 5. The Morgan fingerprint density at radius 1 is 1.22 bits per heavy atom. The van der Waals surface area contributed by atoms with Crippen molar-refractivity contribution in [3.63, 3.8) is 0 Å². The zero-order chi connectivity index (χ0) is 23.0. The number of nitrogens with one attached hydrogen (secondary N) is 2. The number of anilines is 1. The summed E-state index contributed by atoms with van der Waals surface area (Å²) < 4.78 is 17.4. The van der Waals surface area contributed by atoms with Crippen molar-refractivity contribution >= 4 is 17.4 Å². The molecule has 170 valence electrons. The van der Waals surface area contributed by atoms with Crippen LogP contribution in [0.4, 0.5) is 10.5 Å². The molecule has 1 amide bonds. The van der Waals surface area contributed by atoms with Crippen molar-refractivity contribution in [1.82, 2.24) is 5.32 Å². The summed E-state index contributed by atoms with van der Waals surface area (Å²) in [5.74, 6) is 1.78. The van der Waals surface area contributed by atoms with Crippen LogP contribution < -0.4 is 20.1 Å². The Hall–Kier alpha value is -3.15. The number of carbonyl (C=O) groups is 1. The number of allylic oxidation sites excluding steroid dienone is 1. The molecular formula is C26H32N2O4. The van der Waals surface area contributed by atoms with Crippen LogP contribution in [0, 0.1) is 5.92 Å². The quantitative estimate of drug-likeness (QED) is 0.621. The zero-order valence-corrected chi connectivity index (χ0v) is 19.7. The number of methoxy groups -OCH3 is 1. The highest BCUT2D eigenvalue weighted by Crippen LogP contribution is 2.51. The molecule has 0 saturated heterocycles. The van der Waals surface area contributed by atoms with Crippen LogP contribution in [-0.2, 0) is 4.74 Å². The van der Waals surface area contributed by atoms with Gasteiger partial charge in [0.1, 0.15) is 17.6 Å². The van der Waals surface area contributed by atoms with Crippen LogP contribution in [0.1, 0.15) is 51.8 Å². The Bertz CT molecular complexity index is 1070. The Balaban J connectivity index is 1.78. The van der Waals surface area contributed by atoms with Crippen LogP contribution in [0.2, 0.25) is 0 Å². The van der Waals surface area contributed by atoms with Crippen LogP contribution in [0.15, 0.2) is 36.4 Å². The normalized spacial score (nSPS) is 17.7. The Morgan fingerprint density at radius 2 is 2.00 bits per heavy atom. The molecule has 0 bridgehead atoms. The molecule has 0 fully saturated rings. The molecule has 1 unspecified atom stereocenters. The lowest BCUT2D eigenvalue weighted by Crippen LogP contribution is -2.35. The van der Waals surface area contributed by atoms with E-state index in [-0.39, 0.29) is 17.6 Å². The van der Waals surface area contributed by atoms with E-state index < -0.39 is 6.09 Å². The smallest absolute Gasteiger partial charge is 0.407 e. The standard InChI is InChI=1S/C26H32N2O4/c1-15(2)14-31-25(29)27-13-21-24-17(23-19(30-6)8-7-9-20(23)32-21)10-11-18-22(24)16(3)12-26(4,5)28-18/h7-12,15,21,28H,13-14H2,1-6H3,(H,27,29). The fourth-order valence-electron chi connectivity index (χ4n) is 4.57. The van der Waals surface area contributed by atoms with Gasteiger partial charge in [0.2, 0.25) is 0 Å². The van der Waals surface area contributed by atoms with E-state index in [4.69, 9.17) is 14.2 Å². The lowest BCUT2D eigenvalue weighted by atomic mass is 9.81. The highest BCUT2D eigenvalue weighted by atomic mass is 16.5. The highest BCUT2D eigenvalue weighted by molar-refractivity contribution is 5.91. The molecule has 1 atom stereocenters. The van der Waals surface area contributed by atoms with Gasteiger partial charge in [0.15, 0.2) is 0 Å². The largest absolute Gasteiger partial charge is 0.496 e. The molecule has 6 heteroatoms. The second-order valence-corrected chi connectivity index (χ2v) is 9.44. The topological polar surface area (TPSA) is 68.8 Å². The maximum absolute atomic E-state index is 12.3. The minimum absolute atomic E-state index is 0.148. The predicted molar refractivity (Wildman–Crippen MR) is 127 cm³/mol. The van der Waals surface area contributed by atoms with E-state index in [1.54, 1.807) is 7.11 Å². The molecule has 0 saturated carbocycles. The average molecular weight is 437 g/mol. The van der Waals surface area contributed by atoms with E-state index in [0.717, 1.165) is 39.4 Å². The second kappa shape index (κ2) is 8.41. The number of benzene rings is 2. The lowest BCUT2D eigenvalue weighted by Gasteiger charge is -2.37. The van der Waals surface area contributed by atoms with Gasteiger partial charge >= 0.3 is 6.09 Å². The van der Waals surface area contributed by atoms with Crippen LogP contribution in [0.5, 0.6) is 11.5 Å². The van der Waals surface area contributed by atoms with Gasteiger partial charge in [-0.2, -0.15) is 0 Å². The van der Waals surface area contributed by atoms with E-state index in [2.05, 4.69) is 49.6 Å². The molecule has 2 N–H and O–H groups in total. The van der Waals surface area contributed by atoms with Crippen LogP contribution in [0.3, 0.4) is 0 Å². The monoisotopic (exact) mass is 436 g/mol. The van der Waals surface area contributed by atoms with E-state index in [1.165, 1.54) is 5.57 Å². The predicted octanol–water partition coefficient (Wildman–Crippen LogP) is 5.79. The first-order chi connectivity index (χ1) is 15.2. The first-order valence-electron chi connectivity index (χ1n) is 11.1. The molecule has 2 aromatic carbocycles. The number of ether oxygens (including phenoxy) is 3. The average Bonchev–Trinajstić information content (AvgIpc) is 2.73. The summed E-state index contributed by atoms with van der Waals surface area (Å²) in [6.07, 6.45) is 1.43. The minimum Gasteiger partial charge on any atom is -0.496 e. The van der Waals surface area contributed by atoms with Crippen molar-refractivity contribution in [1.29, 1.82) is 0 Å². The van der Waals surface area contributed by atoms with E-state index in [0.29, 0.717) is 13.2 Å². The van der Waals surface area contributed by atoms with Crippen LogP contribution in [0.25, 0.3) is 16.7 Å². The SMILES string of the molecule is COc1cccc2c1-c1ccc3c(c1C(CNC(=O)OCC(C)C)O2)C(C)=CC(C)(C)N3. The van der Waals surface area contributed by atoms with E-state index >= 15 is 0 Å². The van der Waals surface area contributed by atoms with Gasteiger partial charge in [-0.15, -0.1) is 0 Å². The van der Waals surface area contributed by atoms with Gasteiger partial charge in [0.05, 0.1) is 31.4 Å². The van der Waals surface area contributed by atoms with Gasteiger partial charge in [-0.05, 0) is 56.0 Å². The molecule has 0 aromatic heterocycles. The van der Waals surface area contributed by atoms with Gasteiger partial charge in [-0.1, -0.05) is 32.1 Å². The Morgan fingerprint density at radius 3 is 2.72 bits per heavy atom. The summed E-state index contributed by atoms with van der Waals surface area (Å²) in [5, 5.41) is 6.50. The molecule has 0 aliphatic carbocycles. The summed E-state index contributed by atoms with van der Waals surface area (Å²) in [7, 11) is 1.67. The van der Waals surface area contributed by atoms with Gasteiger partial charge < -0.3 is 24.8 Å². The summed E-state index contributed by atoms with van der Waals surface area (Å²) in [5.41, 5.74) is 6.23. The summed E-state index contributed by atoms with van der Waals surface area (Å²) in [4.78, 5) is 12.3. The molecule has 0 radical (unpaired) electrons. The maximum Gasteiger partial charge on any atom is 0.407 e. The van der Waals surface area contributed by atoms with Crippen molar-refractivity contribution in [2.24, 2.45) is 5.92 Å². The van der Waals surface area contributed by atoms with Crippen molar-refractivity contribution in [3.05, 3.63) is 47.5 Å². The summed E-state index contributed by atoms with van der Waals surface area (Å²) in [6.45, 7) is 11.1. The number of hydrogen-bond acceptors (Lipinski definition) is 5. The second-order valence-electron chi connectivity index (χ2n) is 9.44. The molecular weight excluding hydrogens is 404 g/mol.